The maximum absolute atomic E-state index is 12.2. The van der Waals surface area contributed by atoms with Crippen LogP contribution in [0, 0.1) is 5.92 Å². The van der Waals surface area contributed by atoms with Gasteiger partial charge in [-0.3, -0.25) is 14.6 Å². The summed E-state index contributed by atoms with van der Waals surface area (Å²) in [4.78, 5) is 31.0. The quantitative estimate of drug-likeness (QED) is 0.856. The molecule has 3 rings (SSSR count). The van der Waals surface area contributed by atoms with Gasteiger partial charge in [0.25, 0.3) is 5.91 Å². The summed E-state index contributed by atoms with van der Waals surface area (Å²) in [5, 5.41) is 9.33. The highest BCUT2D eigenvalue weighted by Gasteiger charge is 2.35. The molecule has 0 aromatic carbocycles. The zero-order chi connectivity index (χ0) is 13.4. The van der Waals surface area contributed by atoms with Crippen molar-refractivity contribution in [2.75, 3.05) is 19.8 Å². The van der Waals surface area contributed by atoms with Crippen LogP contribution in [0.1, 0.15) is 23.2 Å². The van der Waals surface area contributed by atoms with Crippen molar-refractivity contribution in [1.29, 1.82) is 0 Å². The van der Waals surface area contributed by atoms with E-state index in [1.54, 1.807) is 4.90 Å². The van der Waals surface area contributed by atoms with Gasteiger partial charge in [-0.25, -0.2) is 0 Å². The number of rotatable bonds is 3. The molecule has 100 valence electrons. The smallest absolute Gasteiger partial charge is 0.257 e. The van der Waals surface area contributed by atoms with Gasteiger partial charge in [0.15, 0.2) is 0 Å². The molecule has 1 aliphatic heterocycles. The number of nitrogens with zero attached hydrogens (tertiary/aromatic N) is 3. The van der Waals surface area contributed by atoms with Gasteiger partial charge in [0.05, 0.1) is 18.4 Å². The standard InChI is InChI=1S/C13H15N3O3/c17-11-3-10(4-14-5-11)13(19)16-7-12(18)15(8-16)6-9-1-2-9/h3-5,9,17H,1-2,6-8H2. The third-order valence-corrected chi connectivity index (χ3v) is 3.45. The second-order valence-corrected chi connectivity index (χ2v) is 5.14. The molecule has 2 aliphatic rings. The molecule has 19 heavy (non-hydrogen) atoms. The van der Waals surface area contributed by atoms with Crippen molar-refractivity contribution < 1.29 is 14.7 Å². The number of pyridine rings is 1. The first-order valence-corrected chi connectivity index (χ1v) is 6.34. The normalized spacial score (nSPS) is 19.1. The molecule has 0 bridgehead atoms. The molecule has 2 heterocycles. The van der Waals surface area contributed by atoms with E-state index in [-0.39, 0.29) is 24.1 Å². The Hall–Kier alpha value is -2.11. The van der Waals surface area contributed by atoms with E-state index in [4.69, 9.17) is 0 Å². The van der Waals surface area contributed by atoms with Crippen LogP contribution in [-0.4, -0.2) is 51.5 Å². The minimum Gasteiger partial charge on any atom is -0.506 e. The van der Waals surface area contributed by atoms with E-state index in [1.807, 2.05) is 0 Å². The summed E-state index contributed by atoms with van der Waals surface area (Å²) in [5.74, 6) is 0.288. The molecule has 1 saturated carbocycles. The van der Waals surface area contributed by atoms with E-state index in [0.29, 0.717) is 18.2 Å². The molecule has 0 radical (unpaired) electrons. The number of carbonyl (C=O) groups excluding carboxylic acids is 2. The van der Waals surface area contributed by atoms with E-state index in [2.05, 4.69) is 4.98 Å². The molecule has 1 saturated heterocycles. The number of amides is 2. The summed E-state index contributed by atoms with van der Waals surface area (Å²) < 4.78 is 0. The maximum atomic E-state index is 12.2. The highest BCUT2D eigenvalue weighted by molar-refractivity contribution is 5.98. The first kappa shape index (κ1) is 12.0. The van der Waals surface area contributed by atoms with Gasteiger partial charge in [-0.2, -0.15) is 0 Å². The third-order valence-electron chi connectivity index (χ3n) is 3.45. The predicted molar refractivity (Wildman–Crippen MR) is 66.2 cm³/mol. The lowest BCUT2D eigenvalue weighted by Gasteiger charge is -2.17. The van der Waals surface area contributed by atoms with Crippen molar-refractivity contribution in [3.05, 3.63) is 24.0 Å². The highest BCUT2D eigenvalue weighted by atomic mass is 16.3. The number of aromatic hydroxyl groups is 1. The lowest BCUT2D eigenvalue weighted by Crippen LogP contribution is -2.32. The lowest BCUT2D eigenvalue weighted by atomic mass is 10.2. The summed E-state index contributed by atoms with van der Waals surface area (Å²) >= 11 is 0. The molecule has 1 N–H and O–H groups in total. The Morgan fingerprint density at radius 1 is 1.42 bits per heavy atom. The molecule has 1 aliphatic carbocycles. The van der Waals surface area contributed by atoms with E-state index in [1.165, 1.54) is 36.2 Å². The number of aromatic nitrogens is 1. The SMILES string of the molecule is O=C1CN(C(=O)c2cncc(O)c2)CN1CC1CC1. The van der Waals surface area contributed by atoms with E-state index in [0.717, 1.165) is 6.54 Å². The van der Waals surface area contributed by atoms with Crippen molar-refractivity contribution in [1.82, 2.24) is 14.8 Å². The van der Waals surface area contributed by atoms with Crippen LogP contribution in [-0.2, 0) is 4.79 Å². The Balaban J connectivity index is 1.69. The average molecular weight is 261 g/mol. The van der Waals surface area contributed by atoms with Crippen molar-refractivity contribution in [3.63, 3.8) is 0 Å². The Morgan fingerprint density at radius 3 is 2.89 bits per heavy atom. The van der Waals surface area contributed by atoms with Gasteiger partial charge in [0.1, 0.15) is 12.3 Å². The van der Waals surface area contributed by atoms with Gasteiger partial charge in [0.2, 0.25) is 5.91 Å². The van der Waals surface area contributed by atoms with E-state index < -0.39 is 0 Å². The van der Waals surface area contributed by atoms with Crippen LogP contribution < -0.4 is 0 Å². The van der Waals surface area contributed by atoms with Crippen LogP contribution in [0.25, 0.3) is 0 Å². The minimum absolute atomic E-state index is 0.00615. The average Bonchev–Trinajstić information content (AvgIpc) is 3.12. The molecule has 0 atom stereocenters. The van der Waals surface area contributed by atoms with Crippen molar-refractivity contribution in [3.8, 4) is 5.75 Å². The van der Waals surface area contributed by atoms with Crippen LogP contribution in [0.2, 0.25) is 0 Å². The Labute approximate surface area is 110 Å². The molecular formula is C13H15N3O3. The number of hydrogen-bond acceptors (Lipinski definition) is 4. The monoisotopic (exact) mass is 261 g/mol. The zero-order valence-corrected chi connectivity index (χ0v) is 10.5. The second-order valence-electron chi connectivity index (χ2n) is 5.14. The highest BCUT2D eigenvalue weighted by Crippen LogP contribution is 2.30. The second kappa shape index (κ2) is 4.53. The number of carbonyl (C=O) groups is 2. The molecule has 6 nitrogen and oxygen atoms in total. The fraction of sp³-hybridized carbons (Fsp3) is 0.462. The number of hydrogen-bond donors (Lipinski definition) is 1. The van der Waals surface area contributed by atoms with E-state index in [9.17, 15) is 14.7 Å². The molecular weight excluding hydrogens is 246 g/mol. The first-order chi connectivity index (χ1) is 9.13. The molecule has 2 amide bonds. The Bertz CT molecular complexity index is 528. The van der Waals surface area contributed by atoms with Crippen LogP contribution in [0.5, 0.6) is 5.75 Å². The van der Waals surface area contributed by atoms with Gasteiger partial charge in [-0.05, 0) is 24.8 Å². The van der Waals surface area contributed by atoms with Crippen LogP contribution >= 0.6 is 0 Å². The zero-order valence-electron chi connectivity index (χ0n) is 10.5. The Kier molecular flexibility index (Phi) is 2.85. The summed E-state index contributed by atoms with van der Waals surface area (Å²) in [6.45, 7) is 1.20. The molecule has 1 aromatic heterocycles. The molecule has 0 unspecified atom stereocenters. The maximum Gasteiger partial charge on any atom is 0.257 e. The molecule has 1 aromatic rings. The van der Waals surface area contributed by atoms with Crippen molar-refractivity contribution >= 4 is 11.8 Å². The summed E-state index contributed by atoms with van der Waals surface area (Å²) in [6, 6.07) is 1.36. The fourth-order valence-electron chi connectivity index (χ4n) is 2.23. The largest absolute Gasteiger partial charge is 0.506 e. The summed E-state index contributed by atoms with van der Waals surface area (Å²) in [5.41, 5.74) is 0.307. The van der Waals surface area contributed by atoms with Crippen molar-refractivity contribution in [2.24, 2.45) is 5.92 Å². The van der Waals surface area contributed by atoms with Gasteiger partial charge >= 0.3 is 0 Å². The van der Waals surface area contributed by atoms with E-state index >= 15 is 0 Å². The van der Waals surface area contributed by atoms with Crippen molar-refractivity contribution in [2.45, 2.75) is 12.8 Å². The summed E-state index contributed by atoms with van der Waals surface area (Å²) in [6.07, 6.45) is 5.02. The van der Waals surface area contributed by atoms with Crippen LogP contribution in [0.15, 0.2) is 18.5 Å². The van der Waals surface area contributed by atoms with Gasteiger partial charge < -0.3 is 14.9 Å². The lowest BCUT2D eigenvalue weighted by molar-refractivity contribution is -0.126. The molecule has 0 spiro atoms. The molecule has 2 fully saturated rings. The predicted octanol–water partition coefficient (Wildman–Crippen LogP) is 0.439. The third kappa shape index (κ3) is 2.52. The minimum atomic E-state index is -0.268. The van der Waals surface area contributed by atoms with Gasteiger partial charge in [-0.15, -0.1) is 0 Å². The van der Waals surface area contributed by atoms with Gasteiger partial charge in [-0.1, -0.05) is 0 Å². The fourth-order valence-corrected chi connectivity index (χ4v) is 2.23. The Morgan fingerprint density at radius 2 is 2.21 bits per heavy atom. The van der Waals surface area contributed by atoms with Crippen LogP contribution in [0.3, 0.4) is 0 Å². The topological polar surface area (TPSA) is 73.7 Å². The summed E-state index contributed by atoms with van der Waals surface area (Å²) in [7, 11) is 0. The molecule has 6 heteroatoms. The van der Waals surface area contributed by atoms with Gasteiger partial charge in [0, 0.05) is 12.7 Å². The first-order valence-electron chi connectivity index (χ1n) is 6.34. The van der Waals surface area contributed by atoms with Crippen LogP contribution in [0.4, 0.5) is 0 Å².